The van der Waals surface area contributed by atoms with Crippen molar-refractivity contribution in [2.75, 3.05) is 40.4 Å². The third-order valence-corrected chi connectivity index (χ3v) is 2.89. The Bertz CT molecular complexity index is 193. The number of carboxylic acid groups (broad SMARTS) is 1. The van der Waals surface area contributed by atoms with Gasteiger partial charge in [-0.15, -0.1) is 0 Å². The molecule has 0 amide bonds. The fourth-order valence-electron chi connectivity index (χ4n) is 1.13. The van der Waals surface area contributed by atoms with Gasteiger partial charge in [-0.3, -0.25) is 0 Å². The molecular weight excluding hydrogens is 230 g/mol. The maximum Gasteiger partial charge on any atom is 0.102 e. The van der Waals surface area contributed by atoms with Gasteiger partial charge >= 0.3 is 0 Å². The lowest BCUT2D eigenvalue weighted by molar-refractivity contribution is -0.888. The molecule has 0 fully saturated rings. The van der Waals surface area contributed by atoms with E-state index < -0.39 is 5.97 Å². The number of likely N-dealkylation sites (N-methyl/N-ethyl adjacent to an activating group) is 1. The fraction of sp³-hybridized carbons (Fsp3) is 0.929. The molecule has 0 saturated carbocycles. The summed E-state index contributed by atoms with van der Waals surface area (Å²) in [5.41, 5.74) is 0. The van der Waals surface area contributed by atoms with E-state index in [4.69, 9.17) is 4.74 Å². The molecule has 0 bridgehead atoms. The molecule has 0 heterocycles. The second kappa shape index (κ2) is 12.8. The van der Waals surface area contributed by atoms with E-state index in [0.717, 1.165) is 43.5 Å². The predicted octanol–water partition coefficient (Wildman–Crippen LogP) is 1.44. The molecule has 4 nitrogen and oxygen atoms in total. The molecule has 0 radical (unpaired) electrons. The number of ether oxygens (including phenoxy) is 1. The molecule has 0 rings (SSSR count). The van der Waals surface area contributed by atoms with Crippen LogP contribution in [0.4, 0.5) is 0 Å². The highest BCUT2D eigenvalue weighted by Crippen LogP contribution is 1.96. The number of carbonyl (C=O) groups excluding carboxylic acids is 1. The number of quaternary nitrogens is 1. The number of carbonyl (C=O) groups is 1. The van der Waals surface area contributed by atoms with Crippen molar-refractivity contribution < 1.29 is 19.1 Å². The summed E-state index contributed by atoms with van der Waals surface area (Å²) in [4.78, 5) is 9.76. The number of unbranched alkanes of at least 4 members (excludes halogenated alkanes) is 2. The normalized spacial score (nSPS) is 10.7. The standard InChI is InChI=1S/C8H20NO.C6H12O2/c1-5-9(3,4)7-8-10-6-2;1-2-3-4-5-6(7)8/h5-8H2,1-4H3;2-5H2,1H3,(H,7,8)/q+1;/p-1. The summed E-state index contributed by atoms with van der Waals surface area (Å²) in [6.07, 6.45) is 3.04. The molecule has 18 heavy (non-hydrogen) atoms. The van der Waals surface area contributed by atoms with E-state index >= 15 is 0 Å². The van der Waals surface area contributed by atoms with Gasteiger partial charge in [0.25, 0.3) is 0 Å². The topological polar surface area (TPSA) is 49.4 Å². The van der Waals surface area contributed by atoms with E-state index in [9.17, 15) is 9.90 Å². The van der Waals surface area contributed by atoms with E-state index in [1.165, 1.54) is 6.54 Å². The number of aliphatic carboxylic acids is 1. The maximum absolute atomic E-state index is 9.76. The maximum atomic E-state index is 9.76. The summed E-state index contributed by atoms with van der Waals surface area (Å²) in [6.45, 7) is 10.3. The monoisotopic (exact) mass is 261 g/mol. The second-order valence-electron chi connectivity index (χ2n) is 5.00. The predicted molar refractivity (Wildman–Crippen MR) is 73.2 cm³/mol. The van der Waals surface area contributed by atoms with Crippen molar-refractivity contribution in [2.45, 2.75) is 46.5 Å². The van der Waals surface area contributed by atoms with Gasteiger partial charge in [-0.1, -0.05) is 19.8 Å². The first-order valence-corrected chi connectivity index (χ1v) is 6.99. The van der Waals surface area contributed by atoms with Gasteiger partial charge in [0.05, 0.1) is 27.2 Å². The van der Waals surface area contributed by atoms with Crippen molar-refractivity contribution in [2.24, 2.45) is 0 Å². The smallest absolute Gasteiger partial charge is 0.102 e. The van der Waals surface area contributed by atoms with E-state index in [2.05, 4.69) is 21.0 Å². The summed E-state index contributed by atoms with van der Waals surface area (Å²) >= 11 is 0. The number of hydrogen-bond donors (Lipinski definition) is 0. The van der Waals surface area contributed by atoms with E-state index in [-0.39, 0.29) is 6.42 Å². The molecule has 0 aromatic carbocycles. The minimum atomic E-state index is -0.932. The molecule has 4 heteroatoms. The largest absolute Gasteiger partial charge is 0.550 e. The summed E-state index contributed by atoms with van der Waals surface area (Å²) in [7, 11) is 4.44. The molecule has 110 valence electrons. The molecule has 0 saturated heterocycles. The van der Waals surface area contributed by atoms with Crippen LogP contribution in [0.3, 0.4) is 0 Å². The second-order valence-corrected chi connectivity index (χ2v) is 5.00. The van der Waals surface area contributed by atoms with Crippen LogP contribution in [-0.2, 0) is 9.53 Å². The van der Waals surface area contributed by atoms with Gasteiger partial charge in [-0.2, -0.15) is 0 Å². The first-order valence-electron chi connectivity index (χ1n) is 6.99. The fourth-order valence-corrected chi connectivity index (χ4v) is 1.13. The SMILES string of the molecule is CCCCCC(=O)[O-].CCOCC[N+](C)(C)CC. The van der Waals surface area contributed by atoms with Crippen molar-refractivity contribution in [1.29, 1.82) is 0 Å². The minimum absolute atomic E-state index is 0.216. The lowest BCUT2D eigenvalue weighted by atomic mass is 10.2. The molecular formula is C14H31NO3. The van der Waals surface area contributed by atoms with Crippen molar-refractivity contribution >= 4 is 5.97 Å². The Kier molecular flexibility index (Phi) is 14.1. The number of hydrogen-bond acceptors (Lipinski definition) is 3. The van der Waals surface area contributed by atoms with E-state index in [0.29, 0.717) is 0 Å². The van der Waals surface area contributed by atoms with Crippen LogP contribution in [0.1, 0.15) is 46.5 Å². The molecule has 0 N–H and O–H groups in total. The zero-order chi connectivity index (χ0) is 14.4. The Morgan fingerprint density at radius 1 is 1.17 bits per heavy atom. The van der Waals surface area contributed by atoms with Crippen molar-refractivity contribution in [3.8, 4) is 0 Å². The van der Waals surface area contributed by atoms with Crippen LogP contribution in [0.5, 0.6) is 0 Å². The number of carboxylic acids is 1. The number of nitrogens with zero attached hydrogens (tertiary/aromatic N) is 1. The summed E-state index contributed by atoms with van der Waals surface area (Å²) < 4.78 is 6.31. The lowest BCUT2D eigenvalue weighted by Crippen LogP contribution is -2.41. The van der Waals surface area contributed by atoms with Crippen molar-refractivity contribution in [1.82, 2.24) is 0 Å². The molecule has 0 aromatic heterocycles. The summed E-state index contributed by atoms with van der Waals surface area (Å²) in [5.74, 6) is -0.932. The average molecular weight is 261 g/mol. The van der Waals surface area contributed by atoms with Gasteiger partial charge < -0.3 is 19.1 Å². The van der Waals surface area contributed by atoms with E-state index in [1.54, 1.807) is 0 Å². The van der Waals surface area contributed by atoms with Crippen LogP contribution in [-0.4, -0.2) is 50.9 Å². The number of rotatable bonds is 9. The van der Waals surface area contributed by atoms with Crippen LogP contribution in [0.2, 0.25) is 0 Å². The first-order chi connectivity index (χ1) is 8.39. The van der Waals surface area contributed by atoms with Crippen molar-refractivity contribution in [3.63, 3.8) is 0 Å². The van der Waals surface area contributed by atoms with Gasteiger partial charge in [-0.25, -0.2) is 0 Å². The first kappa shape index (κ1) is 19.7. The lowest BCUT2D eigenvalue weighted by Gasteiger charge is -2.27. The van der Waals surface area contributed by atoms with E-state index in [1.807, 2.05) is 13.8 Å². The summed E-state index contributed by atoms with van der Waals surface area (Å²) in [5, 5.41) is 9.76. The van der Waals surface area contributed by atoms with Crippen LogP contribution in [0.25, 0.3) is 0 Å². The third kappa shape index (κ3) is 17.8. The highest BCUT2D eigenvalue weighted by atomic mass is 16.5. The molecule has 0 aliphatic rings. The van der Waals surface area contributed by atoms with Gasteiger partial charge in [0, 0.05) is 12.6 Å². The quantitative estimate of drug-likeness (QED) is 0.466. The van der Waals surface area contributed by atoms with Gasteiger partial charge in [0.15, 0.2) is 0 Å². The van der Waals surface area contributed by atoms with Crippen molar-refractivity contribution in [3.05, 3.63) is 0 Å². The minimum Gasteiger partial charge on any atom is -0.550 e. The Morgan fingerprint density at radius 2 is 1.78 bits per heavy atom. The Labute approximate surface area is 113 Å². The average Bonchev–Trinajstić information content (AvgIpc) is 2.30. The molecule has 0 atom stereocenters. The molecule has 0 unspecified atom stereocenters. The van der Waals surface area contributed by atoms with Crippen LogP contribution < -0.4 is 5.11 Å². The molecule has 0 aromatic rings. The van der Waals surface area contributed by atoms with Gasteiger partial charge in [0.2, 0.25) is 0 Å². The molecule has 0 aliphatic heterocycles. The zero-order valence-electron chi connectivity index (χ0n) is 12.8. The Balaban J connectivity index is 0. The summed E-state index contributed by atoms with van der Waals surface area (Å²) in [6, 6.07) is 0. The van der Waals surface area contributed by atoms with Crippen LogP contribution in [0.15, 0.2) is 0 Å². The molecule has 0 aliphatic carbocycles. The highest BCUT2D eigenvalue weighted by molar-refractivity contribution is 5.63. The van der Waals surface area contributed by atoms with Gasteiger partial charge in [-0.05, 0) is 26.7 Å². The van der Waals surface area contributed by atoms with Crippen LogP contribution in [0, 0.1) is 0 Å². The van der Waals surface area contributed by atoms with Crippen LogP contribution >= 0.6 is 0 Å². The highest BCUT2D eigenvalue weighted by Gasteiger charge is 2.09. The third-order valence-electron chi connectivity index (χ3n) is 2.89. The van der Waals surface area contributed by atoms with Gasteiger partial charge in [0.1, 0.15) is 6.54 Å². The Morgan fingerprint density at radius 3 is 2.17 bits per heavy atom. The Hall–Kier alpha value is -0.610. The zero-order valence-corrected chi connectivity index (χ0v) is 12.8. The molecule has 0 spiro atoms.